The van der Waals surface area contributed by atoms with Crippen LogP contribution < -0.4 is 4.90 Å². The van der Waals surface area contributed by atoms with Gasteiger partial charge in [-0.3, -0.25) is 4.79 Å². The van der Waals surface area contributed by atoms with Gasteiger partial charge in [-0.15, -0.1) is 0 Å². The minimum atomic E-state index is -3.04. The number of carbonyl (C=O) groups is 1. The standard InChI is InChI=1S/C21H28N2O3S2/c1-14-7-9-17(11-15(14)2)23-18-12-28(25,26)13-19(18)27-21(23)22-20(24)10-8-16-5-3-4-6-16/h7,9,11,16,18-19H,3-6,8,10,12-13H2,1-2H3/t18-,19-/m0/s1. The fourth-order valence-corrected chi connectivity index (χ4v) is 8.46. The molecule has 0 radical (unpaired) electrons. The van der Waals surface area contributed by atoms with Gasteiger partial charge in [0.2, 0.25) is 5.91 Å². The van der Waals surface area contributed by atoms with Gasteiger partial charge in [-0.1, -0.05) is 43.5 Å². The van der Waals surface area contributed by atoms with Crippen molar-refractivity contribution < 1.29 is 13.2 Å². The first-order valence-corrected chi connectivity index (χ1v) is 12.9. The lowest BCUT2D eigenvalue weighted by Gasteiger charge is -2.25. The second-order valence-electron chi connectivity index (χ2n) is 8.42. The molecule has 1 amide bonds. The molecule has 7 heteroatoms. The summed E-state index contributed by atoms with van der Waals surface area (Å²) in [5.74, 6) is 0.887. The van der Waals surface area contributed by atoms with Crippen LogP contribution in [0.25, 0.3) is 0 Å². The molecule has 2 aliphatic heterocycles. The molecule has 28 heavy (non-hydrogen) atoms. The third kappa shape index (κ3) is 4.15. The molecule has 0 N–H and O–H groups in total. The first-order valence-electron chi connectivity index (χ1n) is 10.2. The Kier molecular flexibility index (Phi) is 5.58. The number of sulfone groups is 1. The number of rotatable bonds is 4. The highest BCUT2D eigenvalue weighted by Gasteiger charge is 2.49. The fourth-order valence-electron chi connectivity index (χ4n) is 4.53. The lowest BCUT2D eigenvalue weighted by atomic mass is 10.0. The molecule has 0 bridgehead atoms. The first kappa shape index (κ1) is 20.0. The number of amides is 1. The van der Waals surface area contributed by atoms with E-state index in [1.165, 1.54) is 43.0 Å². The molecule has 1 saturated carbocycles. The normalized spacial score (nSPS) is 28.2. The number of fused-ring (bicyclic) bond motifs is 1. The molecule has 5 nitrogen and oxygen atoms in total. The lowest BCUT2D eigenvalue weighted by molar-refractivity contribution is -0.118. The molecule has 0 spiro atoms. The van der Waals surface area contributed by atoms with Crippen LogP contribution in [0.2, 0.25) is 0 Å². The highest BCUT2D eigenvalue weighted by atomic mass is 32.2. The minimum absolute atomic E-state index is 0.0482. The van der Waals surface area contributed by atoms with Crippen molar-refractivity contribution in [1.29, 1.82) is 0 Å². The topological polar surface area (TPSA) is 66.8 Å². The van der Waals surface area contributed by atoms with Crippen molar-refractivity contribution in [1.82, 2.24) is 0 Å². The van der Waals surface area contributed by atoms with Crippen LogP contribution in [-0.2, 0) is 14.6 Å². The number of nitrogens with zero attached hydrogens (tertiary/aromatic N) is 2. The van der Waals surface area contributed by atoms with E-state index in [9.17, 15) is 13.2 Å². The van der Waals surface area contributed by atoms with Crippen LogP contribution in [0.4, 0.5) is 5.69 Å². The van der Waals surface area contributed by atoms with Crippen LogP contribution in [-0.4, -0.2) is 42.3 Å². The smallest absolute Gasteiger partial charge is 0.248 e. The summed E-state index contributed by atoms with van der Waals surface area (Å²) < 4.78 is 24.3. The van der Waals surface area contributed by atoms with E-state index in [4.69, 9.17) is 0 Å². The van der Waals surface area contributed by atoms with Gasteiger partial charge < -0.3 is 4.90 Å². The summed E-state index contributed by atoms with van der Waals surface area (Å²) in [6.07, 6.45) is 6.43. The summed E-state index contributed by atoms with van der Waals surface area (Å²) in [5.41, 5.74) is 3.28. The minimum Gasteiger partial charge on any atom is -0.316 e. The molecule has 1 aromatic rings. The molecule has 2 atom stereocenters. The zero-order valence-corrected chi connectivity index (χ0v) is 18.2. The maximum absolute atomic E-state index is 12.6. The van der Waals surface area contributed by atoms with Gasteiger partial charge in [0.05, 0.1) is 17.5 Å². The van der Waals surface area contributed by atoms with Crippen LogP contribution >= 0.6 is 11.8 Å². The molecular weight excluding hydrogens is 392 g/mol. The molecule has 152 valence electrons. The van der Waals surface area contributed by atoms with E-state index in [2.05, 4.69) is 24.9 Å². The third-order valence-corrected chi connectivity index (χ3v) is 9.51. The van der Waals surface area contributed by atoms with E-state index in [0.717, 1.165) is 17.7 Å². The van der Waals surface area contributed by atoms with Gasteiger partial charge in [-0.05, 0) is 49.4 Å². The molecule has 0 aromatic heterocycles. The Morgan fingerprint density at radius 2 is 1.93 bits per heavy atom. The number of hydrogen-bond acceptors (Lipinski definition) is 4. The molecule has 4 rings (SSSR count). The van der Waals surface area contributed by atoms with Gasteiger partial charge in [0.1, 0.15) is 0 Å². The highest BCUT2D eigenvalue weighted by Crippen LogP contribution is 2.41. The number of thioether (sulfide) groups is 1. The Bertz CT molecular complexity index is 904. The summed E-state index contributed by atoms with van der Waals surface area (Å²) >= 11 is 1.46. The number of aryl methyl sites for hydroxylation is 2. The van der Waals surface area contributed by atoms with E-state index in [1.54, 1.807) is 0 Å². The summed E-state index contributed by atoms with van der Waals surface area (Å²) in [6.45, 7) is 4.11. The predicted molar refractivity (Wildman–Crippen MR) is 116 cm³/mol. The van der Waals surface area contributed by atoms with Crippen molar-refractivity contribution >= 4 is 38.4 Å². The average Bonchev–Trinajstić information content (AvgIpc) is 3.30. The van der Waals surface area contributed by atoms with Crippen molar-refractivity contribution in [3.8, 4) is 0 Å². The third-order valence-electron chi connectivity index (χ3n) is 6.30. The van der Waals surface area contributed by atoms with Crippen LogP contribution in [0.3, 0.4) is 0 Å². The first-order chi connectivity index (χ1) is 13.3. The molecule has 0 unspecified atom stereocenters. The van der Waals surface area contributed by atoms with E-state index in [0.29, 0.717) is 17.5 Å². The Morgan fingerprint density at radius 1 is 1.18 bits per heavy atom. The highest BCUT2D eigenvalue weighted by molar-refractivity contribution is 8.16. The molecule has 3 aliphatic rings. The van der Waals surface area contributed by atoms with Gasteiger partial charge in [0, 0.05) is 17.4 Å². The van der Waals surface area contributed by atoms with Crippen molar-refractivity contribution in [2.45, 2.75) is 63.7 Å². The fraction of sp³-hybridized carbons (Fsp3) is 0.619. The second-order valence-corrected chi connectivity index (χ2v) is 11.8. The van der Waals surface area contributed by atoms with E-state index in [1.807, 2.05) is 17.0 Å². The number of hydrogen-bond donors (Lipinski definition) is 0. The monoisotopic (exact) mass is 420 g/mol. The number of anilines is 1. The van der Waals surface area contributed by atoms with Gasteiger partial charge in [-0.2, -0.15) is 4.99 Å². The maximum atomic E-state index is 12.6. The van der Waals surface area contributed by atoms with Crippen molar-refractivity contribution in [3.05, 3.63) is 29.3 Å². The number of aliphatic imine (C=N–C) groups is 1. The Hall–Kier alpha value is -1.34. The van der Waals surface area contributed by atoms with Crippen LogP contribution in [0.15, 0.2) is 23.2 Å². The summed E-state index contributed by atoms with van der Waals surface area (Å²) in [7, 11) is -3.04. The molecular formula is C21H28N2O3S2. The van der Waals surface area contributed by atoms with E-state index >= 15 is 0 Å². The molecule has 2 saturated heterocycles. The van der Waals surface area contributed by atoms with Gasteiger partial charge in [0.15, 0.2) is 15.0 Å². The SMILES string of the molecule is Cc1ccc(N2C(=NC(=O)CCC3CCCC3)S[C@H]3CS(=O)(=O)C[C@@H]32)cc1C. The van der Waals surface area contributed by atoms with Crippen LogP contribution in [0.1, 0.15) is 49.7 Å². The largest absolute Gasteiger partial charge is 0.316 e. The van der Waals surface area contributed by atoms with Crippen molar-refractivity contribution in [2.75, 3.05) is 16.4 Å². The summed E-state index contributed by atoms with van der Waals surface area (Å²) in [4.78, 5) is 19.0. The van der Waals surface area contributed by atoms with Crippen LogP contribution in [0, 0.1) is 19.8 Å². The Labute approximate surface area is 171 Å². The van der Waals surface area contributed by atoms with Gasteiger partial charge in [-0.25, -0.2) is 8.42 Å². The van der Waals surface area contributed by atoms with E-state index < -0.39 is 9.84 Å². The summed E-state index contributed by atoms with van der Waals surface area (Å²) in [6, 6.07) is 5.99. The molecule has 1 aliphatic carbocycles. The van der Waals surface area contributed by atoms with E-state index in [-0.39, 0.29) is 28.7 Å². The predicted octanol–water partition coefficient (Wildman–Crippen LogP) is 3.88. The zero-order chi connectivity index (χ0) is 19.9. The number of carbonyl (C=O) groups excluding carboxylic acids is 1. The molecule has 1 aromatic carbocycles. The maximum Gasteiger partial charge on any atom is 0.248 e. The Morgan fingerprint density at radius 3 is 2.64 bits per heavy atom. The van der Waals surface area contributed by atoms with Crippen molar-refractivity contribution in [2.24, 2.45) is 10.9 Å². The molecule has 2 heterocycles. The van der Waals surface area contributed by atoms with Gasteiger partial charge in [0.25, 0.3) is 0 Å². The average molecular weight is 421 g/mol. The number of amidine groups is 1. The molecule has 3 fully saturated rings. The van der Waals surface area contributed by atoms with Crippen LogP contribution in [0.5, 0.6) is 0 Å². The van der Waals surface area contributed by atoms with Crippen molar-refractivity contribution in [3.63, 3.8) is 0 Å². The second kappa shape index (κ2) is 7.82. The quantitative estimate of drug-likeness (QED) is 0.740. The lowest BCUT2D eigenvalue weighted by Crippen LogP contribution is -2.37. The van der Waals surface area contributed by atoms with Gasteiger partial charge >= 0.3 is 0 Å². The number of benzene rings is 1. The summed E-state index contributed by atoms with van der Waals surface area (Å²) in [5, 5.41) is 0.623. The zero-order valence-electron chi connectivity index (χ0n) is 16.6. The Balaban J connectivity index is 1.57.